The smallest absolute Gasteiger partial charge is 0.261 e. The van der Waals surface area contributed by atoms with E-state index in [9.17, 15) is 4.79 Å². The molecule has 0 spiro atoms. The summed E-state index contributed by atoms with van der Waals surface area (Å²) in [6.07, 6.45) is 1.61. The van der Waals surface area contributed by atoms with Crippen molar-refractivity contribution in [3.63, 3.8) is 0 Å². The van der Waals surface area contributed by atoms with Crippen molar-refractivity contribution in [3.8, 4) is 11.5 Å². The minimum absolute atomic E-state index is 0.128. The third kappa shape index (κ3) is 4.42. The summed E-state index contributed by atoms with van der Waals surface area (Å²) < 4.78 is 12.1. The molecular formula is C28H26N6O3. The SMILES string of the molecule is COc1ccc(/C=N\n2c(N)c(C(=O)Nc3ccc(C)c(C)c3)c3nc4ccccc4nc32)cc1OC. The molecule has 0 fully saturated rings. The van der Waals surface area contributed by atoms with E-state index in [1.165, 1.54) is 4.68 Å². The third-order valence-corrected chi connectivity index (χ3v) is 6.20. The summed E-state index contributed by atoms with van der Waals surface area (Å²) in [6.45, 7) is 4.01. The molecule has 1 amide bonds. The van der Waals surface area contributed by atoms with Gasteiger partial charge in [0.1, 0.15) is 16.9 Å². The van der Waals surface area contributed by atoms with E-state index in [2.05, 4.69) is 10.4 Å². The molecule has 5 aromatic rings. The number of nitrogens with two attached hydrogens (primary N) is 1. The summed E-state index contributed by atoms with van der Waals surface area (Å²) in [4.78, 5) is 22.9. The van der Waals surface area contributed by atoms with Crippen molar-refractivity contribution in [2.24, 2.45) is 5.10 Å². The summed E-state index contributed by atoms with van der Waals surface area (Å²) in [5.41, 5.74) is 12.4. The van der Waals surface area contributed by atoms with E-state index in [0.29, 0.717) is 39.4 Å². The highest BCUT2D eigenvalue weighted by molar-refractivity contribution is 6.16. The second-order valence-electron chi connectivity index (χ2n) is 8.57. The van der Waals surface area contributed by atoms with Crippen LogP contribution in [0.1, 0.15) is 27.0 Å². The summed E-state index contributed by atoms with van der Waals surface area (Å²) in [5.74, 6) is 0.906. The number of hydrogen-bond acceptors (Lipinski definition) is 7. The van der Waals surface area contributed by atoms with Gasteiger partial charge in [0, 0.05) is 5.69 Å². The highest BCUT2D eigenvalue weighted by Crippen LogP contribution is 2.30. The highest BCUT2D eigenvalue weighted by atomic mass is 16.5. The molecule has 0 aliphatic heterocycles. The zero-order valence-electron chi connectivity index (χ0n) is 20.9. The van der Waals surface area contributed by atoms with Crippen LogP contribution in [0.25, 0.3) is 22.2 Å². The summed E-state index contributed by atoms with van der Waals surface area (Å²) in [6, 6.07) is 18.6. The fraction of sp³-hybridized carbons (Fsp3) is 0.143. The number of nitrogens with one attached hydrogen (secondary N) is 1. The summed E-state index contributed by atoms with van der Waals surface area (Å²) in [5, 5.41) is 7.51. The fourth-order valence-electron chi connectivity index (χ4n) is 4.06. The predicted molar refractivity (Wildman–Crippen MR) is 146 cm³/mol. The van der Waals surface area contributed by atoms with Crippen LogP contribution in [0.4, 0.5) is 11.5 Å². The molecule has 0 unspecified atom stereocenters. The Balaban J connectivity index is 1.63. The van der Waals surface area contributed by atoms with Gasteiger partial charge in [-0.15, -0.1) is 0 Å². The number of ether oxygens (including phenoxy) is 2. The van der Waals surface area contributed by atoms with Crippen LogP contribution < -0.4 is 20.5 Å². The quantitative estimate of drug-likeness (QED) is 0.323. The Morgan fingerprint density at radius 3 is 2.38 bits per heavy atom. The monoisotopic (exact) mass is 494 g/mol. The van der Waals surface area contributed by atoms with Crippen LogP contribution >= 0.6 is 0 Å². The molecule has 0 saturated carbocycles. The summed E-state index contributed by atoms with van der Waals surface area (Å²) >= 11 is 0. The first-order chi connectivity index (χ1) is 17.9. The third-order valence-electron chi connectivity index (χ3n) is 6.20. The number of para-hydroxylation sites is 2. The highest BCUT2D eigenvalue weighted by Gasteiger charge is 2.24. The van der Waals surface area contributed by atoms with Gasteiger partial charge in [-0.1, -0.05) is 18.2 Å². The molecule has 2 heterocycles. The molecule has 9 heteroatoms. The largest absolute Gasteiger partial charge is 0.493 e. The number of nitrogens with zero attached hydrogens (tertiary/aromatic N) is 4. The van der Waals surface area contributed by atoms with Crippen LogP contribution in [0.15, 0.2) is 65.8 Å². The van der Waals surface area contributed by atoms with Crippen molar-refractivity contribution < 1.29 is 14.3 Å². The van der Waals surface area contributed by atoms with Crippen molar-refractivity contribution in [1.82, 2.24) is 14.6 Å². The first kappa shape index (κ1) is 23.8. The van der Waals surface area contributed by atoms with Gasteiger partial charge in [-0.2, -0.15) is 9.78 Å². The molecule has 3 N–H and O–H groups in total. The number of rotatable bonds is 6. The van der Waals surface area contributed by atoms with Gasteiger partial charge < -0.3 is 20.5 Å². The molecular weight excluding hydrogens is 468 g/mol. The van der Waals surface area contributed by atoms with E-state index < -0.39 is 5.91 Å². The van der Waals surface area contributed by atoms with Crippen molar-refractivity contribution in [1.29, 1.82) is 0 Å². The van der Waals surface area contributed by atoms with Crippen LogP contribution in [-0.4, -0.2) is 41.0 Å². The van der Waals surface area contributed by atoms with Crippen molar-refractivity contribution >= 4 is 45.8 Å². The van der Waals surface area contributed by atoms with Gasteiger partial charge in [-0.05, 0) is 73.0 Å². The van der Waals surface area contributed by atoms with E-state index in [1.807, 2.05) is 62.4 Å². The first-order valence-electron chi connectivity index (χ1n) is 11.6. The number of nitrogen functional groups attached to an aromatic ring is 1. The standard InChI is InChI=1S/C28H26N6O3/c1-16-9-11-19(13-17(16)2)31-28(35)24-25-27(33-21-8-6-5-7-20(21)32-25)34(26(24)29)30-15-18-10-12-22(36-3)23(14-18)37-4/h5-15H,29H2,1-4H3,(H,31,35)/b30-15-. The van der Waals surface area contributed by atoms with Gasteiger partial charge in [0.05, 0.1) is 31.5 Å². The van der Waals surface area contributed by atoms with E-state index in [4.69, 9.17) is 25.2 Å². The number of benzene rings is 3. The molecule has 0 radical (unpaired) electrons. The maximum Gasteiger partial charge on any atom is 0.261 e. The van der Waals surface area contributed by atoms with Crippen molar-refractivity contribution in [3.05, 3.63) is 82.9 Å². The van der Waals surface area contributed by atoms with E-state index in [-0.39, 0.29) is 11.4 Å². The number of anilines is 2. The lowest BCUT2D eigenvalue weighted by atomic mass is 10.1. The first-order valence-corrected chi connectivity index (χ1v) is 11.6. The average molecular weight is 495 g/mol. The molecule has 5 rings (SSSR count). The lowest BCUT2D eigenvalue weighted by Gasteiger charge is -2.08. The van der Waals surface area contributed by atoms with Crippen LogP contribution in [0.3, 0.4) is 0 Å². The van der Waals surface area contributed by atoms with Crippen molar-refractivity contribution in [2.45, 2.75) is 13.8 Å². The molecule has 0 aliphatic carbocycles. The second kappa shape index (κ2) is 9.62. The number of amides is 1. The molecule has 0 saturated heterocycles. The fourth-order valence-corrected chi connectivity index (χ4v) is 4.06. The predicted octanol–water partition coefficient (Wildman–Crippen LogP) is 4.94. The maximum absolute atomic E-state index is 13.5. The van der Waals surface area contributed by atoms with E-state index in [1.54, 1.807) is 32.6 Å². The normalized spacial score (nSPS) is 11.4. The molecule has 3 aromatic carbocycles. The van der Waals surface area contributed by atoms with Crippen LogP contribution in [-0.2, 0) is 0 Å². The molecule has 0 atom stereocenters. The number of hydrogen-bond donors (Lipinski definition) is 2. The zero-order chi connectivity index (χ0) is 26.1. The topological polar surface area (TPSA) is 117 Å². The number of fused-ring (bicyclic) bond motifs is 2. The van der Waals surface area contributed by atoms with Gasteiger partial charge in [0.15, 0.2) is 17.1 Å². The zero-order valence-corrected chi connectivity index (χ0v) is 20.9. The van der Waals surface area contributed by atoms with E-state index >= 15 is 0 Å². The lowest BCUT2D eigenvalue weighted by Crippen LogP contribution is -2.14. The van der Waals surface area contributed by atoms with Gasteiger partial charge in [0.2, 0.25) is 0 Å². The molecule has 0 bridgehead atoms. The Morgan fingerprint density at radius 2 is 1.68 bits per heavy atom. The number of methoxy groups -OCH3 is 2. The molecule has 0 aliphatic rings. The van der Waals surface area contributed by atoms with Crippen LogP contribution in [0.2, 0.25) is 0 Å². The average Bonchev–Trinajstić information content (AvgIpc) is 3.17. The van der Waals surface area contributed by atoms with Crippen LogP contribution in [0, 0.1) is 13.8 Å². The second-order valence-corrected chi connectivity index (χ2v) is 8.57. The Morgan fingerprint density at radius 1 is 0.946 bits per heavy atom. The number of carbonyl (C=O) groups excluding carboxylic acids is 1. The Hall–Kier alpha value is -4.92. The van der Waals surface area contributed by atoms with Crippen molar-refractivity contribution in [2.75, 3.05) is 25.3 Å². The molecule has 2 aromatic heterocycles. The van der Waals surface area contributed by atoms with Gasteiger partial charge in [0.25, 0.3) is 5.91 Å². The van der Waals surface area contributed by atoms with Gasteiger partial charge in [-0.25, -0.2) is 9.97 Å². The van der Waals surface area contributed by atoms with Gasteiger partial charge >= 0.3 is 0 Å². The lowest BCUT2D eigenvalue weighted by molar-refractivity contribution is 0.102. The maximum atomic E-state index is 13.5. The minimum atomic E-state index is -0.393. The number of aromatic nitrogens is 3. The van der Waals surface area contributed by atoms with E-state index in [0.717, 1.165) is 16.7 Å². The Bertz CT molecular complexity index is 1690. The molecule has 186 valence electrons. The minimum Gasteiger partial charge on any atom is -0.493 e. The van der Waals surface area contributed by atoms with Crippen LogP contribution in [0.5, 0.6) is 11.5 Å². The Kier molecular flexibility index (Phi) is 6.19. The molecule has 37 heavy (non-hydrogen) atoms. The Labute approximate surface area is 213 Å². The molecule has 9 nitrogen and oxygen atoms in total. The summed E-state index contributed by atoms with van der Waals surface area (Å²) in [7, 11) is 3.14. The number of carbonyl (C=O) groups is 1. The van der Waals surface area contributed by atoms with Gasteiger partial charge in [-0.3, -0.25) is 4.79 Å². The number of aryl methyl sites for hydroxylation is 2.